The lowest BCUT2D eigenvalue weighted by Gasteiger charge is -2.26. The van der Waals surface area contributed by atoms with Gasteiger partial charge < -0.3 is 14.8 Å². The number of H-pyrrole nitrogens is 1. The molecule has 5 nitrogen and oxygen atoms in total. The van der Waals surface area contributed by atoms with Crippen LogP contribution < -0.4 is 0 Å². The van der Waals surface area contributed by atoms with Gasteiger partial charge in [0.05, 0.1) is 13.2 Å². The molecule has 4 rings (SSSR count). The predicted octanol–water partition coefficient (Wildman–Crippen LogP) is 3.60. The molecule has 2 aromatic carbocycles. The third-order valence-electron chi connectivity index (χ3n) is 4.90. The topological polar surface area (TPSA) is 65.6 Å². The first-order valence-corrected chi connectivity index (χ1v) is 9.11. The Morgan fingerprint density at radius 1 is 1.19 bits per heavy atom. The highest BCUT2D eigenvalue weighted by atomic mass is 16.5. The van der Waals surface area contributed by atoms with Gasteiger partial charge in [-0.15, -0.1) is 0 Å². The third kappa shape index (κ3) is 3.94. The van der Waals surface area contributed by atoms with E-state index in [-0.39, 0.29) is 11.5 Å². The van der Waals surface area contributed by atoms with E-state index in [0.29, 0.717) is 25.3 Å². The second-order valence-electron chi connectivity index (χ2n) is 6.72. The molecule has 27 heavy (non-hydrogen) atoms. The Morgan fingerprint density at radius 2 is 2.00 bits per heavy atom. The van der Waals surface area contributed by atoms with Crippen molar-refractivity contribution in [2.24, 2.45) is 0 Å². The summed E-state index contributed by atoms with van der Waals surface area (Å²) in [5.41, 5.74) is 3.36. The van der Waals surface area contributed by atoms with Crippen LogP contribution >= 0.6 is 0 Å². The Hall–Kier alpha value is -2.89. The molecular weight excluding hydrogens is 340 g/mol. The smallest absolute Gasteiger partial charge is 0.185 e. The summed E-state index contributed by atoms with van der Waals surface area (Å²) in [6, 6.07) is 13.0. The molecule has 1 aliphatic heterocycles. The minimum Gasteiger partial charge on any atom is -0.508 e. The number of phenols is 1. The number of phenolic OH excluding ortho intramolecular Hbond substituents is 1. The van der Waals surface area contributed by atoms with Gasteiger partial charge in [0.15, 0.2) is 5.78 Å². The lowest BCUT2D eigenvalue weighted by atomic mass is 10.0. The molecule has 0 amide bonds. The summed E-state index contributed by atoms with van der Waals surface area (Å²) in [7, 11) is 0. The van der Waals surface area contributed by atoms with E-state index in [9.17, 15) is 9.90 Å². The Bertz CT molecular complexity index is 984. The standard InChI is InChI=1S/C22H22N2O3/c25-21(8-6-17-14-23-20-4-2-1-3-19(17)20)16-5-7-22(26)18(13-16)15-24-9-11-27-12-10-24/h1-8,13-14,23,26H,9-12,15H2/b8-6+. The van der Waals surface area contributed by atoms with Gasteiger partial charge in [-0.3, -0.25) is 9.69 Å². The number of hydrogen-bond acceptors (Lipinski definition) is 4. The molecule has 1 saturated heterocycles. The highest BCUT2D eigenvalue weighted by Gasteiger charge is 2.14. The van der Waals surface area contributed by atoms with Crippen molar-refractivity contribution in [2.75, 3.05) is 26.3 Å². The van der Waals surface area contributed by atoms with E-state index in [2.05, 4.69) is 9.88 Å². The highest BCUT2D eigenvalue weighted by Crippen LogP contribution is 2.22. The molecule has 1 fully saturated rings. The van der Waals surface area contributed by atoms with Crippen molar-refractivity contribution in [1.29, 1.82) is 0 Å². The maximum Gasteiger partial charge on any atom is 0.185 e. The summed E-state index contributed by atoms with van der Waals surface area (Å²) >= 11 is 0. The highest BCUT2D eigenvalue weighted by molar-refractivity contribution is 6.08. The first-order chi connectivity index (χ1) is 13.2. The Morgan fingerprint density at radius 3 is 2.85 bits per heavy atom. The van der Waals surface area contributed by atoms with Gasteiger partial charge in [0.25, 0.3) is 0 Å². The summed E-state index contributed by atoms with van der Waals surface area (Å²) in [6.07, 6.45) is 5.31. The maximum absolute atomic E-state index is 12.6. The van der Waals surface area contributed by atoms with Gasteiger partial charge in [-0.05, 0) is 42.0 Å². The number of nitrogens with zero attached hydrogens (tertiary/aromatic N) is 1. The first-order valence-electron chi connectivity index (χ1n) is 9.11. The summed E-state index contributed by atoms with van der Waals surface area (Å²) in [5, 5.41) is 11.2. The summed E-state index contributed by atoms with van der Waals surface area (Å²) in [4.78, 5) is 18.0. The molecule has 138 valence electrons. The molecular formula is C22H22N2O3. The van der Waals surface area contributed by atoms with E-state index >= 15 is 0 Å². The van der Waals surface area contributed by atoms with Crippen LogP contribution in [-0.4, -0.2) is 47.1 Å². The molecule has 2 N–H and O–H groups in total. The average molecular weight is 362 g/mol. The van der Waals surface area contributed by atoms with Crippen LogP contribution in [0.25, 0.3) is 17.0 Å². The second kappa shape index (κ2) is 7.78. The van der Waals surface area contributed by atoms with Crippen LogP contribution in [0.4, 0.5) is 0 Å². The van der Waals surface area contributed by atoms with E-state index in [1.54, 1.807) is 24.3 Å². The lowest BCUT2D eigenvalue weighted by molar-refractivity contribution is 0.0339. The number of benzene rings is 2. The van der Waals surface area contributed by atoms with Gasteiger partial charge in [-0.1, -0.05) is 18.2 Å². The van der Waals surface area contributed by atoms with E-state index in [1.807, 2.05) is 36.5 Å². The van der Waals surface area contributed by atoms with Crippen molar-refractivity contribution >= 4 is 22.8 Å². The average Bonchev–Trinajstić information content (AvgIpc) is 3.12. The molecule has 0 radical (unpaired) electrons. The van der Waals surface area contributed by atoms with Crippen LogP contribution in [0.3, 0.4) is 0 Å². The van der Waals surface area contributed by atoms with E-state index < -0.39 is 0 Å². The van der Waals surface area contributed by atoms with Crippen LogP contribution in [-0.2, 0) is 11.3 Å². The minimum atomic E-state index is -0.0801. The zero-order valence-corrected chi connectivity index (χ0v) is 15.0. The Balaban J connectivity index is 1.52. The third-order valence-corrected chi connectivity index (χ3v) is 4.90. The number of aromatic nitrogens is 1. The van der Waals surface area contributed by atoms with E-state index in [1.165, 1.54) is 0 Å². The molecule has 0 spiro atoms. The fourth-order valence-corrected chi connectivity index (χ4v) is 3.36. The monoisotopic (exact) mass is 362 g/mol. The van der Waals surface area contributed by atoms with Crippen molar-refractivity contribution in [2.45, 2.75) is 6.54 Å². The van der Waals surface area contributed by atoms with Crippen molar-refractivity contribution in [3.63, 3.8) is 0 Å². The van der Waals surface area contributed by atoms with Crippen molar-refractivity contribution in [1.82, 2.24) is 9.88 Å². The fraction of sp³-hybridized carbons (Fsp3) is 0.227. The number of aromatic hydroxyl groups is 1. The molecule has 0 aliphatic carbocycles. The van der Waals surface area contributed by atoms with E-state index in [4.69, 9.17) is 4.74 Å². The molecule has 5 heteroatoms. The van der Waals surface area contributed by atoms with Crippen LogP contribution in [0, 0.1) is 0 Å². The van der Waals surface area contributed by atoms with Crippen LogP contribution in [0.5, 0.6) is 5.75 Å². The molecule has 1 aliphatic rings. The largest absolute Gasteiger partial charge is 0.508 e. The number of allylic oxidation sites excluding steroid dienone is 1. The zero-order chi connectivity index (χ0) is 18.6. The normalized spacial score (nSPS) is 15.6. The molecule has 3 aromatic rings. The molecule has 0 bridgehead atoms. The van der Waals surface area contributed by atoms with Crippen molar-refractivity contribution in [3.8, 4) is 5.75 Å². The summed E-state index contributed by atoms with van der Waals surface area (Å²) < 4.78 is 5.36. The number of para-hydroxylation sites is 1. The van der Waals surface area contributed by atoms with Crippen LogP contribution in [0.15, 0.2) is 54.7 Å². The number of carbonyl (C=O) groups excluding carboxylic acids is 1. The number of aromatic amines is 1. The molecule has 0 unspecified atom stereocenters. The molecule has 0 atom stereocenters. The molecule has 1 aromatic heterocycles. The summed E-state index contributed by atoms with van der Waals surface area (Å²) in [5.74, 6) is 0.141. The number of morpholine rings is 1. The first kappa shape index (κ1) is 17.5. The zero-order valence-electron chi connectivity index (χ0n) is 15.0. The molecule has 2 heterocycles. The maximum atomic E-state index is 12.6. The Labute approximate surface area is 157 Å². The van der Waals surface area contributed by atoms with Crippen molar-refractivity contribution in [3.05, 3.63) is 71.4 Å². The van der Waals surface area contributed by atoms with Gasteiger partial charge in [-0.2, -0.15) is 0 Å². The van der Waals surface area contributed by atoms with Gasteiger partial charge >= 0.3 is 0 Å². The fourth-order valence-electron chi connectivity index (χ4n) is 3.36. The van der Waals surface area contributed by atoms with Gasteiger partial charge in [0.2, 0.25) is 0 Å². The van der Waals surface area contributed by atoms with Gasteiger partial charge in [-0.25, -0.2) is 0 Å². The van der Waals surface area contributed by atoms with Crippen LogP contribution in [0.2, 0.25) is 0 Å². The number of fused-ring (bicyclic) bond motifs is 1. The number of ether oxygens (including phenoxy) is 1. The number of nitrogens with one attached hydrogen (secondary N) is 1. The number of hydrogen-bond donors (Lipinski definition) is 2. The van der Waals surface area contributed by atoms with Gasteiger partial charge in [0.1, 0.15) is 5.75 Å². The lowest BCUT2D eigenvalue weighted by Crippen LogP contribution is -2.35. The molecule has 0 saturated carbocycles. The predicted molar refractivity (Wildman–Crippen MR) is 106 cm³/mol. The second-order valence-corrected chi connectivity index (χ2v) is 6.72. The summed E-state index contributed by atoms with van der Waals surface area (Å²) in [6.45, 7) is 3.68. The van der Waals surface area contributed by atoms with Crippen LogP contribution in [0.1, 0.15) is 21.5 Å². The van der Waals surface area contributed by atoms with E-state index in [0.717, 1.165) is 35.1 Å². The van der Waals surface area contributed by atoms with Gasteiger partial charge in [0, 0.05) is 47.9 Å². The number of rotatable bonds is 5. The quantitative estimate of drug-likeness (QED) is 0.538. The number of ketones is 1. The minimum absolute atomic E-state index is 0.0801. The number of carbonyl (C=O) groups is 1. The SMILES string of the molecule is O=C(/C=C/c1c[nH]c2ccccc12)c1ccc(O)c(CN2CCOCC2)c1. The van der Waals surface area contributed by atoms with Crippen molar-refractivity contribution < 1.29 is 14.6 Å². The Kier molecular flexibility index (Phi) is 5.05.